The van der Waals surface area contributed by atoms with E-state index in [9.17, 15) is 4.79 Å². The minimum atomic E-state index is -0.342. The van der Waals surface area contributed by atoms with Crippen molar-refractivity contribution in [3.63, 3.8) is 0 Å². The van der Waals surface area contributed by atoms with Crippen LogP contribution in [0.15, 0.2) is 69.3 Å². The van der Waals surface area contributed by atoms with Gasteiger partial charge in [0.05, 0.1) is 6.57 Å². The van der Waals surface area contributed by atoms with Gasteiger partial charge < -0.3 is 0 Å². The number of hydrogen-bond donors (Lipinski definition) is 0. The summed E-state index contributed by atoms with van der Waals surface area (Å²) in [6, 6.07) is 17.2. The third-order valence-corrected chi connectivity index (χ3v) is 5.11. The van der Waals surface area contributed by atoms with Gasteiger partial charge in [0.2, 0.25) is 0 Å². The minimum absolute atomic E-state index is 0.0566. The van der Waals surface area contributed by atoms with Crippen LogP contribution in [0.25, 0.3) is 21.9 Å². The van der Waals surface area contributed by atoms with Crippen LogP contribution in [-0.2, 0) is 0 Å². The van der Waals surface area contributed by atoms with Crippen LogP contribution in [0, 0.1) is 6.57 Å². The van der Waals surface area contributed by atoms with E-state index in [4.69, 9.17) is 6.57 Å². The molecule has 1 aromatic heterocycles. The van der Waals surface area contributed by atoms with Gasteiger partial charge in [0.15, 0.2) is 0 Å². The highest BCUT2D eigenvalue weighted by Gasteiger charge is 2.18. The lowest BCUT2D eigenvalue weighted by Gasteiger charge is -2.15. The van der Waals surface area contributed by atoms with Crippen molar-refractivity contribution in [3.8, 4) is 17.1 Å². The van der Waals surface area contributed by atoms with Crippen LogP contribution < -0.4 is 5.56 Å². The number of aromatic nitrogens is 2. The summed E-state index contributed by atoms with van der Waals surface area (Å²) in [6.07, 6.45) is 3.82. The first-order valence-corrected chi connectivity index (χ1v) is 9.93. The average Bonchev–Trinajstić information content (AvgIpc) is 2.68. The summed E-state index contributed by atoms with van der Waals surface area (Å²) in [7, 11) is 0. The van der Waals surface area contributed by atoms with Crippen molar-refractivity contribution in [2.45, 2.75) is 9.92 Å². The third kappa shape index (κ3) is 3.34. The summed E-state index contributed by atoms with van der Waals surface area (Å²) in [5, 5.41) is 0.454. The number of thioether (sulfide) groups is 2. The van der Waals surface area contributed by atoms with Gasteiger partial charge in [0, 0.05) is 16.1 Å². The summed E-state index contributed by atoms with van der Waals surface area (Å²) in [5.41, 5.74) is 1.25. The fourth-order valence-corrected chi connectivity index (χ4v) is 3.39. The van der Waals surface area contributed by atoms with E-state index >= 15 is 0 Å². The van der Waals surface area contributed by atoms with Crippen molar-refractivity contribution in [1.82, 2.24) is 9.55 Å². The van der Waals surface area contributed by atoms with E-state index in [-0.39, 0.29) is 11.2 Å². The fourth-order valence-electron chi connectivity index (χ4n) is 2.48. The monoisotopic (exact) mass is 365 g/mol. The third-order valence-electron chi connectivity index (χ3n) is 3.70. The van der Waals surface area contributed by atoms with Gasteiger partial charge in [0.25, 0.3) is 11.2 Å². The van der Waals surface area contributed by atoms with Gasteiger partial charge in [-0.1, -0.05) is 30.3 Å². The normalized spacial score (nSPS) is 10.4. The Morgan fingerprint density at radius 3 is 2.24 bits per heavy atom. The highest BCUT2D eigenvalue weighted by atomic mass is 32.2. The van der Waals surface area contributed by atoms with E-state index in [2.05, 4.69) is 9.83 Å². The highest BCUT2D eigenvalue weighted by Crippen LogP contribution is 2.28. The molecule has 6 heteroatoms. The maximum absolute atomic E-state index is 13.0. The van der Waals surface area contributed by atoms with Gasteiger partial charge in [-0.25, -0.2) is 9.83 Å². The van der Waals surface area contributed by atoms with Gasteiger partial charge in [-0.05, 0) is 36.8 Å². The molecule has 3 rings (SSSR count). The molecule has 124 valence electrons. The molecular weight excluding hydrogens is 350 g/mol. The van der Waals surface area contributed by atoms with Gasteiger partial charge in [0.1, 0.15) is 10.9 Å². The molecule has 0 bridgehead atoms. The van der Waals surface area contributed by atoms with Crippen LogP contribution in [0.2, 0.25) is 0 Å². The minimum Gasteiger partial charge on any atom is -0.282 e. The van der Waals surface area contributed by atoms with Crippen molar-refractivity contribution >= 4 is 29.2 Å². The van der Waals surface area contributed by atoms with Crippen molar-refractivity contribution in [3.05, 3.63) is 76.4 Å². The Balaban J connectivity index is 2.35. The first-order valence-electron chi connectivity index (χ1n) is 7.48. The molecule has 0 fully saturated rings. The van der Waals surface area contributed by atoms with E-state index in [1.807, 2.05) is 67.1 Å². The van der Waals surface area contributed by atoms with Crippen LogP contribution in [0.3, 0.4) is 0 Å². The molecule has 0 unspecified atom stereocenters. The lowest BCUT2D eigenvalue weighted by Crippen LogP contribution is -2.22. The molecule has 0 aliphatic heterocycles. The second-order valence-electron chi connectivity index (χ2n) is 5.11. The zero-order valence-corrected chi connectivity index (χ0v) is 15.4. The molecule has 0 amide bonds. The molecule has 0 spiro atoms. The Labute approximate surface area is 154 Å². The van der Waals surface area contributed by atoms with Crippen LogP contribution in [0.4, 0.5) is 5.69 Å². The molecule has 0 aliphatic carbocycles. The number of rotatable bonds is 4. The molecule has 0 radical (unpaired) electrons. The number of hydrogen-bond acceptors (Lipinski definition) is 4. The molecule has 4 nitrogen and oxygen atoms in total. The highest BCUT2D eigenvalue weighted by molar-refractivity contribution is 7.98. The predicted octanol–water partition coefficient (Wildman–Crippen LogP) is 4.89. The molecular formula is C19H15N3OS2. The lowest BCUT2D eigenvalue weighted by molar-refractivity contribution is 0.915. The predicted molar refractivity (Wildman–Crippen MR) is 105 cm³/mol. The summed E-state index contributed by atoms with van der Waals surface area (Å²) in [5.74, 6) is 0.541. The van der Waals surface area contributed by atoms with Crippen LogP contribution >= 0.6 is 23.5 Å². The van der Waals surface area contributed by atoms with Crippen molar-refractivity contribution in [2.75, 3.05) is 12.5 Å². The topological polar surface area (TPSA) is 39.2 Å². The van der Waals surface area contributed by atoms with Gasteiger partial charge in [-0.15, -0.1) is 23.5 Å². The lowest BCUT2D eigenvalue weighted by atomic mass is 10.2. The zero-order valence-electron chi connectivity index (χ0n) is 13.8. The largest absolute Gasteiger partial charge is 0.282 e. The summed E-state index contributed by atoms with van der Waals surface area (Å²) < 4.78 is 1.52. The Bertz CT molecular complexity index is 990. The van der Waals surface area contributed by atoms with E-state index in [0.29, 0.717) is 16.5 Å². The second-order valence-corrected chi connectivity index (χ2v) is 6.78. The van der Waals surface area contributed by atoms with Gasteiger partial charge >= 0.3 is 0 Å². The number of nitrogens with zero attached hydrogens (tertiary/aromatic N) is 3. The molecule has 25 heavy (non-hydrogen) atoms. The van der Waals surface area contributed by atoms with Crippen LogP contribution in [-0.4, -0.2) is 22.1 Å². The molecule has 3 aromatic rings. The molecule has 0 saturated heterocycles. The standard InChI is InChI=1S/C19H15N3OS2/c1-20-16-18(25-3)21-17(13-7-5-4-6-8-13)22(19(16)23)14-9-11-15(24-2)12-10-14/h4-12H,2-3H3. The van der Waals surface area contributed by atoms with Gasteiger partial charge in [-0.2, -0.15) is 0 Å². The fraction of sp³-hybridized carbons (Fsp3) is 0.105. The van der Waals surface area contributed by atoms with Crippen molar-refractivity contribution in [2.24, 2.45) is 0 Å². The molecule has 0 atom stereocenters. The molecule has 2 aromatic carbocycles. The maximum Gasteiger partial charge on any atom is 0.282 e. The quantitative estimate of drug-likeness (QED) is 0.375. The first-order chi connectivity index (χ1) is 12.2. The van der Waals surface area contributed by atoms with Crippen molar-refractivity contribution < 1.29 is 0 Å². The molecule has 1 heterocycles. The van der Waals surface area contributed by atoms with Gasteiger partial charge in [-0.3, -0.25) is 9.36 Å². The Morgan fingerprint density at radius 1 is 1.00 bits per heavy atom. The number of benzene rings is 2. The summed E-state index contributed by atoms with van der Waals surface area (Å²) in [6.45, 7) is 7.38. The summed E-state index contributed by atoms with van der Waals surface area (Å²) in [4.78, 5) is 22.2. The second kappa shape index (κ2) is 7.60. The molecule has 0 saturated carbocycles. The van der Waals surface area contributed by atoms with Crippen molar-refractivity contribution in [1.29, 1.82) is 0 Å². The molecule has 0 N–H and O–H groups in total. The maximum atomic E-state index is 13.0. The van der Waals surface area contributed by atoms with Crippen LogP contribution in [0.1, 0.15) is 0 Å². The Morgan fingerprint density at radius 2 is 1.68 bits per heavy atom. The van der Waals surface area contributed by atoms with E-state index < -0.39 is 0 Å². The smallest absolute Gasteiger partial charge is 0.282 e. The van der Waals surface area contributed by atoms with E-state index in [1.165, 1.54) is 16.3 Å². The Hall–Kier alpha value is -2.49. The summed E-state index contributed by atoms with van der Waals surface area (Å²) >= 11 is 2.95. The SMILES string of the molecule is [C-]#[N+]c1c(SC)nc(-c2ccccc2)n(-c2ccc(SC)cc2)c1=O. The Kier molecular flexibility index (Phi) is 5.27. The van der Waals surface area contributed by atoms with E-state index in [0.717, 1.165) is 10.5 Å². The molecule has 0 aliphatic rings. The van der Waals surface area contributed by atoms with E-state index in [1.54, 1.807) is 11.8 Å². The first kappa shape index (κ1) is 17.3. The average molecular weight is 365 g/mol. The zero-order chi connectivity index (χ0) is 17.8. The van der Waals surface area contributed by atoms with Crippen LogP contribution in [0.5, 0.6) is 0 Å².